The second kappa shape index (κ2) is 9.66. The number of aliphatic hydroxyl groups is 1. The van der Waals surface area contributed by atoms with Crippen molar-refractivity contribution in [2.24, 2.45) is 0 Å². The fraction of sp³-hybridized carbons (Fsp3) is 0.333. The van der Waals surface area contributed by atoms with Crippen LogP contribution in [-0.4, -0.2) is 35.2 Å². The summed E-state index contributed by atoms with van der Waals surface area (Å²) in [6.07, 6.45) is -5.74. The quantitative estimate of drug-likeness (QED) is 0.469. The van der Waals surface area contributed by atoms with Crippen LogP contribution in [0, 0.1) is 0 Å². The molecule has 1 unspecified atom stereocenters. The van der Waals surface area contributed by atoms with Crippen molar-refractivity contribution in [2.45, 2.75) is 44.0 Å². The summed E-state index contributed by atoms with van der Waals surface area (Å²) in [6, 6.07) is 14.0. The molecule has 2 aromatic rings. The van der Waals surface area contributed by atoms with Crippen LogP contribution in [0.5, 0.6) is 0 Å². The first-order valence-electron chi connectivity index (χ1n) is 10.6. The van der Waals surface area contributed by atoms with Gasteiger partial charge in [-0.15, -0.1) is 0 Å². The van der Waals surface area contributed by atoms with Crippen molar-refractivity contribution < 1.29 is 27.9 Å². The summed E-state index contributed by atoms with van der Waals surface area (Å²) in [5.74, 6) is -2.18. The van der Waals surface area contributed by atoms with Crippen LogP contribution in [0.25, 0.3) is 11.1 Å². The molecule has 0 aromatic heterocycles. The molecule has 1 aliphatic heterocycles. The summed E-state index contributed by atoms with van der Waals surface area (Å²) >= 11 is 0. The Morgan fingerprint density at radius 3 is 2.33 bits per heavy atom. The lowest BCUT2D eigenvalue weighted by Gasteiger charge is -2.29. The maximum Gasteiger partial charge on any atom is 0.390 e. The maximum absolute atomic E-state index is 13.2. The summed E-state index contributed by atoms with van der Waals surface area (Å²) in [7, 11) is 0. The summed E-state index contributed by atoms with van der Waals surface area (Å²) in [5.41, 5.74) is 1.08. The number of fused-ring (bicyclic) bond motifs is 3. The molecule has 0 saturated carbocycles. The van der Waals surface area contributed by atoms with Gasteiger partial charge in [0.05, 0.1) is 12.5 Å². The maximum atomic E-state index is 13.2. The van der Waals surface area contributed by atoms with Crippen molar-refractivity contribution in [1.29, 1.82) is 0 Å². The molecule has 2 atom stereocenters. The van der Waals surface area contributed by atoms with Gasteiger partial charge in [-0.3, -0.25) is 9.59 Å². The van der Waals surface area contributed by atoms with Crippen LogP contribution in [0.4, 0.5) is 18.9 Å². The van der Waals surface area contributed by atoms with Crippen molar-refractivity contribution in [3.8, 4) is 11.1 Å². The number of benzene rings is 2. The molecule has 1 heterocycles. The third kappa shape index (κ3) is 5.36. The molecule has 6 nitrogen and oxygen atoms in total. The lowest BCUT2D eigenvalue weighted by Crippen LogP contribution is -2.58. The van der Waals surface area contributed by atoms with Crippen LogP contribution in [0.1, 0.15) is 37.8 Å². The number of rotatable bonds is 7. The number of hydrogen-bond donors (Lipinski definition) is 4. The number of amides is 2. The van der Waals surface area contributed by atoms with Gasteiger partial charge in [0.25, 0.3) is 11.8 Å². The van der Waals surface area contributed by atoms with Gasteiger partial charge in [0.1, 0.15) is 0 Å². The Morgan fingerprint density at radius 2 is 1.67 bits per heavy atom. The first-order chi connectivity index (χ1) is 15.6. The topological polar surface area (TPSA) is 90.5 Å². The van der Waals surface area contributed by atoms with E-state index in [0.717, 1.165) is 16.8 Å². The largest absolute Gasteiger partial charge is 0.390 e. The Kier molecular flexibility index (Phi) is 7.12. The molecular weight excluding hydrogens is 435 g/mol. The Labute approximate surface area is 189 Å². The highest BCUT2D eigenvalue weighted by Crippen LogP contribution is 2.40. The average molecular weight is 461 g/mol. The van der Waals surface area contributed by atoms with Gasteiger partial charge in [0.2, 0.25) is 5.60 Å². The lowest BCUT2D eigenvalue weighted by atomic mass is 9.92. The molecule has 0 saturated heterocycles. The SMILES string of the molecule is C=C1Nc2ccccc2-c2ccccc2[C@@H]1NC(=O)C(O)(CCC)C(=O)NCCC(F)(F)F. The van der Waals surface area contributed by atoms with E-state index in [4.69, 9.17) is 0 Å². The lowest BCUT2D eigenvalue weighted by molar-refractivity contribution is -0.156. The van der Waals surface area contributed by atoms with Gasteiger partial charge in [0.15, 0.2) is 0 Å². The molecule has 0 spiro atoms. The highest BCUT2D eigenvalue weighted by molar-refractivity contribution is 6.08. The molecular formula is C24H26F3N3O3. The Morgan fingerprint density at radius 1 is 1.03 bits per heavy atom. The zero-order chi connectivity index (χ0) is 24.2. The van der Waals surface area contributed by atoms with Crippen molar-refractivity contribution >= 4 is 17.5 Å². The second-order valence-corrected chi connectivity index (χ2v) is 7.92. The zero-order valence-corrected chi connectivity index (χ0v) is 18.1. The van der Waals surface area contributed by atoms with Gasteiger partial charge in [0, 0.05) is 23.5 Å². The van der Waals surface area contributed by atoms with E-state index in [1.165, 1.54) is 0 Å². The van der Waals surface area contributed by atoms with Gasteiger partial charge in [-0.1, -0.05) is 62.4 Å². The minimum absolute atomic E-state index is 0.252. The van der Waals surface area contributed by atoms with E-state index in [1.807, 2.05) is 41.7 Å². The van der Waals surface area contributed by atoms with E-state index in [0.29, 0.717) is 11.3 Å². The summed E-state index contributed by atoms with van der Waals surface area (Å²) in [5, 5.41) is 18.8. The zero-order valence-electron chi connectivity index (χ0n) is 18.1. The molecule has 4 N–H and O–H groups in total. The summed E-state index contributed by atoms with van der Waals surface area (Å²) in [6.45, 7) is 4.94. The van der Waals surface area contributed by atoms with E-state index < -0.39 is 42.6 Å². The number of anilines is 1. The summed E-state index contributed by atoms with van der Waals surface area (Å²) in [4.78, 5) is 25.7. The highest BCUT2D eigenvalue weighted by Gasteiger charge is 2.44. The Hall–Kier alpha value is -3.33. The number of carbonyl (C=O) groups excluding carboxylic acids is 2. The molecule has 0 aliphatic carbocycles. The molecule has 2 amide bonds. The molecule has 33 heavy (non-hydrogen) atoms. The smallest absolute Gasteiger partial charge is 0.372 e. The van der Waals surface area contributed by atoms with E-state index in [2.05, 4.69) is 17.2 Å². The number of nitrogens with one attached hydrogen (secondary N) is 3. The van der Waals surface area contributed by atoms with Gasteiger partial charge in [-0.2, -0.15) is 13.2 Å². The van der Waals surface area contributed by atoms with Crippen LogP contribution in [0.2, 0.25) is 0 Å². The average Bonchev–Trinajstić information content (AvgIpc) is 2.87. The Balaban J connectivity index is 1.88. The molecule has 2 aromatic carbocycles. The van der Waals surface area contributed by atoms with Crippen LogP contribution in [-0.2, 0) is 9.59 Å². The number of carbonyl (C=O) groups is 2. The molecule has 9 heteroatoms. The molecule has 0 radical (unpaired) electrons. The summed E-state index contributed by atoms with van der Waals surface area (Å²) < 4.78 is 37.3. The molecule has 176 valence electrons. The third-order valence-corrected chi connectivity index (χ3v) is 5.47. The van der Waals surface area contributed by atoms with Gasteiger partial charge < -0.3 is 21.1 Å². The van der Waals surface area contributed by atoms with E-state index >= 15 is 0 Å². The normalized spacial score (nSPS) is 17.0. The van der Waals surface area contributed by atoms with Gasteiger partial charge in [-0.25, -0.2) is 0 Å². The second-order valence-electron chi connectivity index (χ2n) is 7.92. The third-order valence-electron chi connectivity index (χ3n) is 5.47. The number of alkyl halides is 3. The molecule has 3 rings (SSSR count). The molecule has 0 bridgehead atoms. The van der Waals surface area contributed by atoms with Crippen molar-refractivity contribution in [3.05, 3.63) is 66.4 Å². The van der Waals surface area contributed by atoms with Crippen LogP contribution < -0.4 is 16.0 Å². The van der Waals surface area contributed by atoms with E-state index in [9.17, 15) is 27.9 Å². The minimum Gasteiger partial charge on any atom is -0.372 e. The van der Waals surface area contributed by atoms with Gasteiger partial charge >= 0.3 is 6.18 Å². The van der Waals surface area contributed by atoms with Crippen LogP contribution in [0.3, 0.4) is 0 Å². The van der Waals surface area contributed by atoms with Crippen molar-refractivity contribution in [1.82, 2.24) is 10.6 Å². The first kappa shape index (κ1) is 24.3. The number of halogens is 3. The first-order valence-corrected chi connectivity index (χ1v) is 10.6. The van der Waals surface area contributed by atoms with E-state index in [-0.39, 0.29) is 12.8 Å². The van der Waals surface area contributed by atoms with E-state index in [1.54, 1.807) is 19.1 Å². The minimum atomic E-state index is -4.47. The monoisotopic (exact) mass is 461 g/mol. The van der Waals surface area contributed by atoms with Crippen LogP contribution >= 0.6 is 0 Å². The van der Waals surface area contributed by atoms with Gasteiger partial charge in [-0.05, 0) is 23.6 Å². The molecule has 0 fully saturated rings. The highest BCUT2D eigenvalue weighted by atomic mass is 19.4. The number of para-hydroxylation sites is 1. The van der Waals surface area contributed by atoms with Crippen LogP contribution in [0.15, 0.2) is 60.8 Å². The predicted molar refractivity (Wildman–Crippen MR) is 119 cm³/mol. The van der Waals surface area contributed by atoms with Crippen molar-refractivity contribution in [2.75, 3.05) is 11.9 Å². The standard InChI is InChI=1S/C24H26F3N3O3/c1-3-12-23(33,21(31)28-14-13-24(25,26)27)22(32)30-20-15(2)29-19-11-7-6-9-17(19)16-8-4-5-10-18(16)20/h4-11,20,29,33H,2-3,12-14H2,1H3,(H,28,31)(H,30,32)/t20-,23?/m1/s1. The van der Waals surface area contributed by atoms with Crippen molar-refractivity contribution in [3.63, 3.8) is 0 Å². The fourth-order valence-electron chi connectivity index (χ4n) is 3.83. The number of hydrogen-bond acceptors (Lipinski definition) is 4. The fourth-order valence-corrected chi connectivity index (χ4v) is 3.83. The Bertz CT molecular complexity index is 1050. The molecule has 1 aliphatic rings. The predicted octanol–water partition coefficient (Wildman–Crippen LogP) is 4.05.